The molecule has 0 saturated heterocycles. The number of hydrogen-bond donors (Lipinski definition) is 1. The van der Waals surface area contributed by atoms with E-state index < -0.39 is 18.5 Å². The number of ether oxygens (including phenoxy) is 1. The first-order valence-corrected chi connectivity index (χ1v) is 11.9. The molecule has 0 unspecified atom stereocenters. The summed E-state index contributed by atoms with van der Waals surface area (Å²) in [5, 5.41) is 5.68. The largest absolute Gasteiger partial charge is 0.452 e. The van der Waals surface area contributed by atoms with Crippen LogP contribution in [0.25, 0.3) is 33.4 Å². The monoisotopic (exact) mass is 479 g/mol. The SMILES string of the molecule is Cc1ccc(-c2cc(C(=O)OCC(=O)Nc3nc(-c4ccccc4)cs3)c3ccccc3n2)cc1. The zero-order chi connectivity index (χ0) is 24.2. The molecule has 0 spiro atoms. The number of benzene rings is 3. The van der Waals surface area contributed by atoms with E-state index in [1.165, 1.54) is 11.3 Å². The molecule has 5 rings (SSSR count). The van der Waals surface area contributed by atoms with Crippen LogP contribution >= 0.6 is 11.3 Å². The molecule has 7 heteroatoms. The van der Waals surface area contributed by atoms with Crippen molar-refractivity contribution in [2.75, 3.05) is 11.9 Å². The average molecular weight is 480 g/mol. The Balaban J connectivity index is 1.31. The van der Waals surface area contributed by atoms with Gasteiger partial charge in [0.25, 0.3) is 5.91 Å². The number of fused-ring (bicyclic) bond motifs is 1. The first-order chi connectivity index (χ1) is 17.1. The Kier molecular flexibility index (Phi) is 6.32. The highest BCUT2D eigenvalue weighted by molar-refractivity contribution is 7.14. The Morgan fingerprint density at radius 3 is 2.37 bits per heavy atom. The van der Waals surface area contributed by atoms with Crippen molar-refractivity contribution in [1.29, 1.82) is 0 Å². The molecular formula is C28H21N3O3S. The highest BCUT2D eigenvalue weighted by atomic mass is 32.1. The summed E-state index contributed by atoms with van der Waals surface area (Å²) in [5.41, 5.74) is 5.47. The van der Waals surface area contributed by atoms with Crippen molar-refractivity contribution in [1.82, 2.24) is 9.97 Å². The smallest absolute Gasteiger partial charge is 0.339 e. The van der Waals surface area contributed by atoms with Crippen molar-refractivity contribution < 1.29 is 14.3 Å². The Bertz CT molecular complexity index is 1510. The van der Waals surface area contributed by atoms with E-state index in [0.717, 1.165) is 22.4 Å². The van der Waals surface area contributed by atoms with Crippen molar-refractivity contribution in [3.05, 3.63) is 101 Å². The van der Waals surface area contributed by atoms with Crippen LogP contribution in [-0.2, 0) is 9.53 Å². The zero-order valence-corrected chi connectivity index (χ0v) is 19.7. The molecule has 0 fully saturated rings. The molecular weight excluding hydrogens is 458 g/mol. The van der Waals surface area contributed by atoms with Gasteiger partial charge in [-0.2, -0.15) is 0 Å². The number of nitrogens with one attached hydrogen (secondary N) is 1. The molecule has 2 heterocycles. The highest BCUT2D eigenvalue weighted by Gasteiger charge is 2.17. The highest BCUT2D eigenvalue weighted by Crippen LogP contribution is 2.26. The fourth-order valence-corrected chi connectivity index (χ4v) is 4.39. The Morgan fingerprint density at radius 1 is 0.857 bits per heavy atom. The van der Waals surface area contributed by atoms with E-state index in [2.05, 4.69) is 10.3 Å². The fraction of sp³-hybridized carbons (Fsp3) is 0.0714. The van der Waals surface area contributed by atoms with Gasteiger partial charge in [-0.1, -0.05) is 78.4 Å². The summed E-state index contributed by atoms with van der Waals surface area (Å²) in [4.78, 5) is 34.6. The Labute approximate surface area is 206 Å². The van der Waals surface area contributed by atoms with E-state index in [1.54, 1.807) is 6.07 Å². The Morgan fingerprint density at radius 2 is 1.57 bits per heavy atom. The topological polar surface area (TPSA) is 81.2 Å². The second-order valence-corrected chi connectivity index (χ2v) is 8.82. The van der Waals surface area contributed by atoms with Gasteiger partial charge >= 0.3 is 5.97 Å². The van der Waals surface area contributed by atoms with E-state index in [-0.39, 0.29) is 0 Å². The standard InChI is InChI=1S/C28H21N3O3S/c1-18-11-13-20(14-12-18)24-15-22(21-9-5-6-10-23(21)29-24)27(33)34-16-26(32)31-28-30-25(17-35-28)19-7-3-2-4-8-19/h2-15,17H,16H2,1H3,(H,30,31,32). The molecule has 1 N–H and O–H groups in total. The lowest BCUT2D eigenvalue weighted by atomic mass is 10.0. The zero-order valence-electron chi connectivity index (χ0n) is 18.9. The number of amides is 1. The van der Waals surface area contributed by atoms with Crippen molar-refractivity contribution in [3.8, 4) is 22.5 Å². The first-order valence-electron chi connectivity index (χ1n) is 11.0. The quantitative estimate of drug-likeness (QED) is 0.296. The number of aromatic nitrogens is 2. The molecule has 0 aliphatic heterocycles. The molecule has 0 aliphatic carbocycles. The maximum Gasteiger partial charge on any atom is 0.339 e. The molecule has 172 valence electrons. The number of anilines is 1. The maximum atomic E-state index is 13.0. The molecule has 0 radical (unpaired) electrons. The number of nitrogens with zero attached hydrogens (tertiary/aromatic N) is 2. The summed E-state index contributed by atoms with van der Waals surface area (Å²) in [6.45, 7) is 1.59. The molecule has 0 bridgehead atoms. The van der Waals surface area contributed by atoms with Crippen molar-refractivity contribution in [3.63, 3.8) is 0 Å². The van der Waals surface area contributed by atoms with Gasteiger partial charge in [-0.05, 0) is 19.1 Å². The average Bonchev–Trinajstić information content (AvgIpc) is 3.36. The lowest BCUT2D eigenvalue weighted by Crippen LogP contribution is -2.21. The summed E-state index contributed by atoms with van der Waals surface area (Å²) >= 11 is 1.31. The van der Waals surface area contributed by atoms with Crippen molar-refractivity contribution in [2.24, 2.45) is 0 Å². The van der Waals surface area contributed by atoms with Crippen LogP contribution < -0.4 is 5.32 Å². The number of carbonyl (C=O) groups excluding carboxylic acids is 2. The van der Waals surface area contributed by atoms with Crippen LogP contribution in [-0.4, -0.2) is 28.5 Å². The van der Waals surface area contributed by atoms with E-state index in [4.69, 9.17) is 9.72 Å². The summed E-state index contributed by atoms with van der Waals surface area (Å²) in [6.07, 6.45) is 0. The van der Waals surface area contributed by atoms with Crippen LogP contribution in [0, 0.1) is 6.92 Å². The van der Waals surface area contributed by atoms with E-state index >= 15 is 0 Å². The molecule has 3 aromatic carbocycles. The van der Waals surface area contributed by atoms with Crippen LogP contribution in [0.4, 0.5) is 5.13 Å². The second-order valence-electron chi connectivity index (χ2n) is 7.97. The van der Waals surface area contributed by atoms with Gasteiger partial charge in [0.1, 0.15) is 0 Å². The Hall–Kier alpha value is -4.36. The number of aryl methyl sites for hydroxylation is 1. The third-order valence-electron chi connectivity index (χ3n) is 5.44. The third-order valence-corrected chi connectivity index (χ3v) is 6.20. The number of esters is 1. The van der Waals surface area contributed by atoms with Crippen LogP contribution in [0.15, 0.2) is 90.3 Å². The van der Waals surface area contributed by atoms with Gasteiger partial charge in [-0.25, -0.2) is 14.8 Å². The number of pyridine rings is 1. The molecule has 0 aliphatic rings. The predicted octanol–water partition coefficient (Wildman–Crippen LogP) is 6.13. The lowest BCUT2D eigenvalue weighted by Gasteiger charge is -2.10. The minimum Gasteiger partial charge on any atom is -0.452 e. The number of hydrogen-bond acceptors (Lipinski definition) is 6. The molecule has 5 aromatic rings. The van der Waals surface area contributed by atoms with Crippen LogP contribution in [0.3, 0.4) is 0 Å². The van der Waals surface area contributed by atoms with Gasteiger partial charge in [0.05, 0.1) is 22.5 Å². The van der Waals surface area contributed by atoms with Gasteiger partial charge in [0, 0.05) is 21.9 Å². The van der Waals surface area contributed by atoms with E-state index in [1.807, 2.05) is 91.2 Å². The summed E-state index contributed by atoms with van der Waals surface area (Å²) in [5.74, 6) is -1.04. The lowest BCUT2D eigenvalue weighted by molar-refractivity contribution is -0.119. The molecule has 6 nitrogen and oxygen atoms in total. The number of para-hydroxylation sites is 1. The van der Waals surface area contributed by atoms with E-state index in [9.17, 15) is 9.59 Å². The molecule has 1 amide bonds. The first kappa shape index (κ1) is 22.4. The summed E-state index contributed by atoms with van der Waals surface area (Å²) < 4.78 is 5.37. The third kappa shape index (κ3) is 5.10. The number of rotatable bonds is 6. The minimum absolute atomic E-state index is 0.361. The molecule has 2 aromatic heterocycles. The van der Waals surface area contributed by atoms with Crippen molar-refractivity contribution >= 4 is 39.2 Å². The maximum absolute atomic E-state index is 13.0. The second kappa shape index (κ2) is 9.87. The minimum atomic E-state index is -0.587. The van der Waals surface area contributed by atoms with Gasteiger partial charge in [0.15, 0.2) is 11.7 Å². The summed E-state index contributed by atoms with van der Waals surface area (Å²) in [7, 11) is 0. The predicted molar refractivity (Wildman–Crippen MR) is 138 cm³/mol. The number of carbonyl (C=O) groups is 2. The summed E-state index contributed by atoms with van der Waals surface area (Å²) in [6, 6.07) is 26.7. The molecule has 0 saturated carbocycles. The number of thiazole rings is 1. The van der Waals surface area contributed by atoms with Gasteiger partial charge in [0.2, 0.25) is 0 Å². The molecule has 0 atom stereocenters. The van der Waals surface area contributed by atoms with Gasteiger partial charge in [-0.3, -0.25) is 10.1 Å². The van der Waals surface area contributed by atoms with Gasteiger partial charge in [-0.15, -0.1) is 11.3 Å². The van der Waals surface area contributed by atoms with E-state index in [0.29, 0.717) is 27.3 Å². The van der Waals surface area contributed by atoms with Crippen LogP contribution in [0.1, 0.15) is 15.9 Å². The van der Waals surface area contributed by atoms with Crippen molar-refractivity contribution in [2.45, 2.75) is 6.92 Å². The van der Waals surface area contributed by atoms with Gasteiger partial charge < -0.3 is 4.74 Å². The molecule has 35 heavy (non-hydrogen) atoms. The fourth-order valence-electron chi connectivity index (χ4n) is 3.65. The normalized spacial score (nSPS) is 10.8. The van der Waals surface area contributed by atoms with Crippen LogP contribution in [0.2, 0.25) is 0 Å². The van der Waals surface area contributed by atoms with Crippen LogP contribution in [0.5, 0.6) is 0 Å².